The molecule has 0 aliphatic carbocycles. The van der Waals surface area contributed by atoms with E-state index in [-0.39, 0.29) is 12.1 Å². The van der Waals surface area contributed by atoms with Gasteiger partial charge in [0.25, 0.3) is 11.8 Å². The summed E-state index contributed by atoms with van der Waals surface area (Å²) in [6.45, 7) is 6.45. The van der Waals surface area contributed by atoms with Gasteiger partial charge >= 0.3 is 0 Å². The lowest BCUT2D eigenvalue weighted by Crippen LogP contribution is -2.43. The van der Waals surface area contributed by atoms with E-state index in [1.165, 1.54) is 0 Å². The number of hydrogen-bond acceptors (Lipinski definition) is 6. The summed E-state index contributed by atoms with van der Waals surface area (Å²) < 4.78 is 16.4. The first-order valence-electron chi connectivity index (χ1n) is 11.4. The minimum absolute atomic E-state index is 0.0329. The van der Waals surface area contributed by atoms with Crippen LogP contribution in [0, 0.1) is 17.2 Å². The lowest BCUT2D eigenvalue weighted by molar-refractivity contribution is -0.140. The summed E-state index contributed by atoms with van der Waals surface area (Å²) in [5.41, 5.74) is 2.28. The van der Waals surface area contributed by atoms with Crippen LogP contribution >= 0.6 is 0 Å². The monoisotopic (exact) mass is 474 g/mol. The molecule has 3 rings (SSSR count). The number of hydrogen-bond donors (Lipinski definition) is 0. The van der Waals surface area contributed by atoms with Crippen LogP contribution in [0.15, 0.2) is 59.2 Å². The molecule has 0 aromatic heterocycles. The number of ether oxygens (including phenoxy) is 3. The quantitative estimate of drug-likeness (QED) is 0.391. The van der Waals surface area contributed by atoms with Gasteiger partial charge in [0.1, 0.15) is 17.4 Å². The molecule has 0 radical (unpaired) electrons. The third-order valence-corrected chi connectivity index (χ3v) is 5.68. The molecular weight excluding hydrogens is 444 g/mol. The smallest absolute Gasteiger partial charge is 0.271 e. The van der Waals surface area contributed by atoms with Crippen molar-refractivity contribution in [2.45, 2.75) is 27.2 Å². The van der Waals surface area contributed by atoms with Crippen LogP contribution in [-0.2, 0) is 16.0 Å². The molecule has 35 heavy (non-hydrogen) atoms. The van der Waals surface area contributed by atoms with Gasteiger partial charge in [-0.3, -0.25) is 14.5 Å². The number of amides is 2. The Bertz CT molecular complexity index is 1200. The molecule has 0 saturated heterocycles. The zero-order chi connectivity index (χ0) is 25.5. The number of nitriles is 1. The Morgan fingerprint density at radius 2 is 1.71 bits per heavy atom. The van der Waals surface area contributed by atoms with Crippen LogP contribution in [0.2, 0.25) is 0 Å². The molecule has 2 amide bonds. The van der Waals surface area contributed by atoms with Crippen LogP contribution < -0.4 is 14.2 Å². The molecule has 1 aliphatic rings. The number of carbonyl (C=O) groups excluding carboxylic acids is 2. The lowest BCUT2D eigenvalue weighted by Gasteiger charge is -2.27. The van der Waals surface area contributed by atoms with E-state index in [4.69, 9.17) is 14.2 Å². The van der Waals surface area contributed by atoms with Gasteiger partial charge in [0.15, 0.2) is 11.5 Å². The molecule has 1 heterocycles. The van der Waals surface area contributed by atoms with E-state index in [9.17, 15) is 14.9 Å². The van der Waals surface area contributed by atoms with Crippen molar-refractivity contribution < 1.29 is 23.8 Å². The zero-order valence-corrected chi connectivity index (χ0v) is 20.8. The second-order valence-corrected chi connectivity index (χ2v) is 8.64. The van der Waals surface area contributed by atoms with Gasteiger partial charge in [-0.2, -0.15) is 5.26 Å². The van der Waals surface area contributed by atoms with Gasteiger partial charge in [0.2, 0.25) is 0 Å². The standard InChI is InChI=1S/C28H30N2O5/c1-18(2)17-35-25-11-8-21(15-26(25)34-5)14-23-19(3)24(16-29)28(32)30(27(23)31)13-12-20-6-9-22(33-4)10-7-20/h6-11,14-15,18H,12-13,17H2,1-5H3/b23-14+. The highest BCUT2D eigenvalue weighted by Gasteiger charge is 2.35. The van der Waals surface area contributed by atoms with Gasteiger partial charge < -0.3 is 14.2 Å². The summed E-state index contributed by atoms with van der Waals surface area (Å²) in [7, 11) is 3.15. The molecule has 1 aliphatic heterocycles. The van der Waals surface area contributed by atoms with Crippen LogP contribution in [0.4, 0.5) is 0 Å². The van der Waals surface area contributed by atoms with Crippen molar-refractivity contribution >= 4 is 17.9 Å². The minimum Gasteiger partial charge on any atom is -0.497 e. The first-order valence-corrected chi connectivity index (χ1v) is 11.4. The van der Waals surface area contributed by atoms with Crippen molar-refractivity contribution in [2.24, 2.45) is 5.92 Å². The number of carbonyl (C=O) groups is 2. The van der Waals surface area contributed by atoms with E-state index < -0.39 is 11.8 Å². The third kappa shape index (κ3) is 5.90. The average Bonchev–Trinajstić information content (AvgIpc) is 2.86. The zero-order valence-electron chi connectivity index (χ0n) is 20.8. The summed E-state index contributed by atoms with van der Waals surface area (Å²) in [6, 6.07) is 14.8. The van der Waals surface area contributed by atoms with Crippen molar-refractivity contribution in [1.82, 2.24) is 4.90 Å². The average molecular weight is 475 g/mol. The van der Waals surface area contributed by atoms with Gasteiger partial charge in [0, 0.05) is 12.1 Å². The second-order valence-electron chi connectivity index (χ2n) is 8.64. The van der Waals surface area contributed by atoms with Crippen molar-refractivity contribution in [2.75, 3.05) is 27.4 Å². The largest absolute Gasteiger partial charge is 0.497 e. The van der Waals surface area contributed by atoms with Crippen LogP contribution in [0.25, 0.3) is 6.08 Å². The molecule has 0 spiro atoms. The molecule has 182 valence electrons. The van der Waals surface area contributed by atoms with E-state index in [0.717, 1.165) is 16.2 Å². The number of nitrogens with zero attached hydrogens (tertiary/aromatic N) is 2. The number of rotatable bonds is 9. The van der Waals surface area contributed by atoms with E-state index in [0.29, 0.717) is 47.2 Å². The van der Waals surface area contributed by atoms with E-state index in [1.54, 1.807) is 39.4 Å². The molecule has 2 aromatic rings. The predicted octanol–water partition coefficient (Wildman–Crippen LogP) is 4.57. The fourth-order valence-electron chi connectivity index (χ4n) is 3.68. The molecular formula is C28H30N2O5. The molecule has 0 saturated carbocycles. The Hall–Kier alpha value is -4.05. The van der Waals surface area contributed by atoms with Gasteiger partial charge in [0.05, 0.1) is 20.8 Å². The summed E-state index contributed by atoms with van der Waals surface area (Å²) in [4.78, 5) is 27.4. The fraction of sp³-hybridized carbons (Fsp3) is 0.321. The number of imide groups is 1. The molecule has 7 heteroatoms. The van der Waals surface area contributed by atoms with Gasteiger partial charge in [-0.05, 0) is 66.3 Å². The Kier molecular flexibility index (Phi) is 8.32. The maximum absolute atomic E-state index is 13.4. The van der Waals surface area contributed by atoms with Crippen LogP contribution in [0.3, 0.4) is 0 Å². The predicted molar refractivity (Wildman–Crippen MR) is 133 cm³/mol. The molecule has 0 N–H and O–H groups in total. The molecule has 0 bridgehead atoms. The maximum Gasteiger partial charge on any atom is 0.271 e. The lowest BCUT2D eigenvalue weighted by atomic mass is 9.93. The summed E-state index contributed by atoms with van der Waals surface area (Å²) in [5, 5.41) is 9.64. The molecule has 0 unspecified atom stereocenters. The summed E-state index contributed by atoms with van der Waals surface area (Å²) in [6.07, 6.45) is 2.14. The van der Waals surface area contributed by atoms with Crippen LogP contribution in [0.1, 0.15) is 31.9 Å². The molecule has 2 aromatic carbocycles. The number of methoxy groups -OCH3 is 2. The minimum atomic E-state index is -0.573. The van der Waals surface area contributed by atoms with E-state index in [2.05, 4.69) is 13.8 Å². The topological polar surface area (TPSA) is 88.9 Å². The Morgan fingerprint density at radius 3 is 2.31 bits per heavy atom. The SMILES string of the molecule is COc1ccc(CCN2C(=O)C(C#N)=C(C)/C(=C\c3ccc(OCC(C)C)c(OC)c3)C2=O)cc1. The summed E-state index contributed by atoms with van der Waals surface area (Å²) in [5.74, 6) is 1.23. The second kappa shape index (κ2) is 11.4. The van der Waals surface area contributed by atoms with Gasteiger partial charge in [-0.15, -0.1) is 0 Å². The number of benzene rings is 2. The van der Waals surface area contributed by atoms with Crippen molar-refractivity contribution in [3.8, 4) is 23.3 Å². The molecule has 7 nitrogen and oxygen atoms in total. The van der Waals surface area contributed by atoms with Crippen molar-refractivity contribution in [1.29, 1.82) is 5.26 Å². The van der Waals surface area contributed by atoms with Gasteiger partial charge in [-0.25, -0.2) is 0 Å². The van der Waals surface area contributed by atoms with Crippen molar-refractivity contribution in [3.63, 3.8) is 0 Å². The van der Waals surface area contributed by atoms with Crippen molar-refractivity contribution in [3.05, 3.63) is 70.3 Å². The van der Waals surface area contributed by atoms with Gasteiger partial charge in [-0.1, -0.05) is 32.0 Å². The maximum atomic E-state index is 13.4. The van der Waals surface area contributed by atoms with Crippen LogP contribution in [0.5, 0.6) is 17.2 Å². The van der Waals surface area contributed by atoms with E-state index in [1.807, 2.05) is 36.4 Å². The Balaban J connectivity index is 1.90. The highest BCUT2D eigenvalue weighted by atomic mass is 16.5. The fourth-order valence-corrected chi connectivity index (χ4v) is 3.68. The Morgan fingerprint density at radius 1 is 1.00 bits per heavy atom. The van der Waals surface area contributed by atoms with E-state index >= 15 is 0 Å². The molecule has 0 atom stereocenters. The highest BCUT2D eigenvalue weighted by Crippen LogP contribution is 2.32. The van der Waals surface area contributed by atoms with Crippen LogP contribution in [-0.4, -0.2) is 44.1 Å². The summed E-state index contributed by atoms with van der Waals surface area (Å²) >= 11 is 0. The highest BCUT2D eigenvalue weighted by molar-refractivity contribution is 6.19. The third-order valence-electron chi connectivity index (χ3n) is 5.68. The molecule has 0 fully saturated rings. The Labute approximate surface area is 206 Å². The first-order chi connectivity index (χ1) is 16.8. The normalized spacial score (nSPS) is 15.0. The first kappa shape index (κ1) is 25.6.